The lowest BCUT2D eigenvalue weighted by atomic mass is 9.96. The Morgan fingerprint density at radius 1 is 1.41 bits per heavy atom. The fraction of sp³-hybridized carbons (Fsp3) is 0.500. The van der Waals surface area contributed by atoms with Gasteiger partial charge in [0.1, 0.15) is 4.83 Å². The van der Waals surface area contributed by atoms with Crippen LogP contribution in [0.2, 0.25) is 0 Å². The first-order valence-corrected chi connectivity index (χ1v) is 8.17. The van der Waals surface area contributed by atoms with E-state index < -0.39 is 0 Å². The van der Waals surface area contributed by atoms with Gasteiger partial charge in [-0.2, -0.15) is 0 Å². The second kappa shape index (κ2) is 6.15. The van der Waals surface area contributed by atoms with Gasteiger partial charge in [-0.25, -0.2) is 4.98 Å². The van der Waals surface area contributed by atoms with Gasteiger partial charge in [0.25, 0.3) is 5.56 Å². The molecule has 0 aromatic carbocycles. The number of hydrogen-bond donors (Lipinski definition) is 3. The molecule has 0 aliphatic carbocycles. The quantitative estimate of drug-likeness (QED) is 0.742. The first-order valence-electron chi connectivity index (χ1n) is 7.29. The molecule has 1 aliphatic heterocycles. The zero-order chi connectivity index (χ0) is 15.7. The van der Waals surface area contributed by atoms with Crippen LogP contribution in [0.4, 0.5) is 0 Å². The minimum absolute atomic E-state index is 0.00452. The summed E-state index contributed by atoms with van der Waals surface area (Å²) in [6.07, 6.45) is 1.54. The molecule has 1 aliphatic rings. The fourth-order valence-corrected chi connectivity index (χ4v) is 3.52. The van der Waals surface area contributed by atoms with E-state index >= 15 is 0 Å². The van der Waals surface area contributed by atoms with Gasteiger partial charge in [-0.3, -0.25) is 25.0 Å². The number of nitrogens with zero attached hydrogens (tertiary/aromatic N) is 2. The van der Waals surface area contributed by atoms with Crippen molar-refractivity contribution in [1.29, 1.82) is 0 Å². The van der Waals surface area contributed by atoms with Gasteiger partial charge in [0, 0.05) is 25.2 Å². The Bertz CT molecular complexity index is 730. The highest BCUT2D eigenvalue weighted by Gasteiger charge is 2.35. The van der Waals surface area contributed by atoms with E-state index in [9.17, 15) is 9.59 Å². The second-order valence-electron chi connectivity index (χ2n) is 5.57. The molecule has 2 unspecified atom stereocenters. The molecule has 2 aromatic rings. The van der Waals surface area contributed by atoms with Gasteiger partial charge in [-0.05, 0) is 25.3 Å². The molecule has 0 radical (unpaired) electrons. The van der Waals surface area contributed by atoms with E-state index in [1.165, 1.54) is 22.2 Å². The zero-order valence-corrected chi connectivity index (χ0v) is 13.3. The van der Waals surface area contributed by atoms with Crippen molar-refractivity contribution in [1.82, 2.24) is 25.7 Å². The number of hydrogen-bond acceptors (Lipinski definition) is 6. The summed E-state index contributed by atoms with van der Waals surface area (Å²) in [4.78, 5) is 29.4. The van der Waals surface area contributed by atoms with E-state index in [2.05, 4.69) is 21.2 Å². The number of aromatic nitrogens is 2. The van der Waals surface area contributed by atoms with Gasteiger partial charge < -0.3 is 5.32 Å². The average Bonchev–Trinajstić information content (AvgIpc) is 3.08. The van der Waals surface area contributed by atoms with Crippen molar-refractivity contribution in [2.45, 2.75) is 32.5 Å². The molecule has 3 rings (SSSR count). The molecular weight excluding hydrogens is 302 g/mol. The number of thiophene rings is 1. The highest BCUT2D eigenvalue weighted by atomic mass is 32.1. The van der Waals surface area contributed by atoms with Gasteiger partial charge in [0.05, 0.1) is 17.6 Å². The van der Waals surface area contributed by atoms with Crippen LogP contribution in [0.25, 0.3) is 10.2 Å². The van der Waals surface area contributed by atoms with Crippen molar-refractivity contribution in [2.75, 3.05) is 6.54 Å². The summed E-state index contributed by atoms with van der Waals surface area (Å²) in [5.41, 5.74) is 6.06. The molecule has 2 aromatic heterocycles. The predicted octanol–water partition coefficient (Wildman–Crippen LogP) is 0.0752. The molecule has 118 valence electrons. The van der Waals surface area contributed by atoms with Crippen molar-refractivity contribution in [3.05, 3.63) is 28.1 Å². The van der Waals surface area contributed by atoms with Crippen LogP contribution in [0, 0.1) is 5.92 Å². The van der Waals surface area contributed by atoms with Crippen LogP contribution in [0.1, 0.15) is 13.8 Å². The van der Waals surface area contributed by atoms with Crippen LogP contribution in [-0.2, 0) is 11.3 Å². The number of nitrogens with one attached hydrogen (secondary N) is 3. The molecule has 0 saturated carbocycles. The summed E-state index contributed by atoms with van der Waals surface area (Å²) in [6, 6.07) is 1.95. The molecule has 1 saturated heterocycles. The van der Waals surface area contributed by atoms with Gasteiger partial charge in [0.15, 0.2) is 0 Å². The monoisotopic (exact) mass is 321 g/mol. The van der Waals surface area contributed by atoms with Gasteiger partial charge in [-0.15, -0.1) is 11.3 Å². The molecular formula is C14H19N5O2S. The Morgan fingerprint density at radius 3 is 2.86 bits per heavy atom. The number of hydrazine groups is 1. The van der Waals surface area contributed by atoms with Gasteiger partial charge >= 0.3 is 0 Å². The largest absolute Gasteiger partial charge is 0.354 e. The number of fused-ring (bicyclic) bond motifs is 1. The first kappa shape index (κ1) is 15.1. The van der Waals surface area contributed by atoms with Crippen LogP contribution < -0.4 is 21.7 Å². The first-order chi connectivity index (χ1) is 10.6. The topological polar surface area (TPSA) is 88.0 Å². The summed E-state index contributed by atoms with van der Waals surface area (Å²) < 4.78 is 1.54. The van der Waals surface area contributed by atoms with E-state index in [1.54, 1.807) is 6.07 Å². The van der Waals surface area contributed by atoms with Crippen molar-refractivity contribution >= 4 is 27.5 Å². The SMILES string of the molecule is CC1NNC(C)C1C(=O)NCCn1cnc2sccc2c1=O. The number of carbonyl (C=O) groups is 1. The highest BCUT2D eigenvalue weighted by Crippen LogP contribution is 2.14. The Morgan fingerprint density at radius 2 is 2.14 bits per heavy atom. The lowest BCUT2D eigenvalue weighted by Gasteiger charge is -2.17. The maximum atomic E-state index is 12.2. The van der Waals surface area contributed by atoms with Gasteiger partial charge in [0.2, 0.25) is 5.91 Å². The summed E-state index contributed by atoms with van der Waals surface area (Å²) in [6.45, 7) is 4.77. The molecule has 8 heteroatoms. The van der Waals surface area contributed by atoms with Crippen molar-refractivity contribution in [2.24, 2.45) is 5.92 Å². The summed E-state index contributed by atoms with van der Waals surface area (Å²) in [5.74, 6) is -0.121. The maximum Gasteiger partial charge on any atom is 0.262 e. The lowest BCUT2D eigenvalue weighted by molar-refractivity contribution is -0.125. The molecule has 3 heterocycles. The highest BCUT2D eigenvalue weighted by molar-refractivity contribution is 7.16. The molecule has 2 atom stereocenters. The number of amides is 1. The van der Waals surface area contributed by atoms with Crippen molar-refractivity contribution < 1.29 is 4.79 Å². The van der Waals surface area contributed by atoms with E-state index in [0.29, 0.717) is 18.5 Å². The maximum absolute atomic E-state index is 12.2. The third kappa shape index (κ3) is 2.77. The smallest absolute Gasteiger partial charge is 0.262 e. The number of carbonyl (C=O) groups excluding carboxylic acids is 1. The van der Waals surface area contributed by atoms with E-state index in [4.69, 9.17) is 0 Å². The van der Waals surface area contributed by atoms with Crippen LogP contribution in [0.15, 0.2) is 22.6 Å². The Balaban J connectivity index is 1.61. The lowest BCUT2D eigenvalue weighted by Crippen LogP contribution is -2.41. The Hall–Kier alpha value is -1.77. The van der Waals surface area contributed by atoms with E-state index in [1.807, 2.05) is 19.2 Å². The molecule has 0 spiro atoms. The predicted molar refractivity (Wildman–Crippen MR) is 85.6 cm³/mol. The van der Waals surface area contributed by atoms with E-state index in [0.717, 1.165) is 4.83 Å². The standard InChI is InChI=1S/C14H19N5O2S/c1-8-11(9(2)18-17-8)12(20)15-4-5-19-7-16-13-10(14(19)21)3-6-22-13/h3,6-9,11,17-18H,4-5H2,1-2H3,(H,15,20). The van der Waals surface area contributed by atoms with Crippen LogP contribution in [-0.4, -0.2) is 34.1 Å². The Labute approximate surface area is 131 Å². The van der Waals surface area contributed by atoms with Crippen molar-refractivity contribution in [3.63, 3.8) is 0 Å². The van der Waals surface area contributed by atoms with Crippen LogP contribution in [0.5, 0.6) is 0 Å². The normalized spacial score (nSPS) is 24.7. The molecule has 0 bridgehead atoms. The third-order valence-corrected chi connectivity index (χ3v) is 4.84. The molecule has 22 heavy (non-hydrogen) atoms. The van der Waals surface area contributed by atoms with Gasteiger partial charge in [-0.1, -0.05) is 0 Å². The molecule has 3 N–H and O–H groups in total. The summed E-state index contributed by atoms with van der Waals surface area (Å²) in [7, 11) is 0. The summed E-state index contributed by atoms with van der Waals surface area (Å²) in [5, 5.41) is 5.38. The average molecular weight is 321 g/mol. The second-order valence-corrected chi connectivity index (χ2v) is 6.46. The minimum atomic E-state index is -0.116. The molecule has 1 amide bonds. The fourth-order valence-electron chi connectivity index (χ4n) is 2.80. The zero-order valence-electron chi connectivity index (χ0n) is 12.5. The molecule has 1 fully saturated rings. The van der Waals surface area contributed by atoms with Crippen LogP contribution >= 0.6 is 11.3 Å². The molecule has 7 nitrogen and oxygen atoms in total. The van der Waals surface area contributed by atoms with E-state index in [-0.39, 0.29) is 29.5 Å². The number of rotatable bonds is 4. The third-order valence-electron chi connectivity index (χ3n) is 4.02. The van der Waals surface area contributed by atoms with Crippen LogP contribution in [0.3, 0.4) is 0 Å². The minimum Gasteiger partial charge on any atom is -0.354 e. The van der Waals surface area contributed by atoms with Crippen molar-refractivity contribution in [3.8, 4) is 0 Å². The summed E-state index contributed by atoms with van der Waals surface area (Å²) >= 11 is 1.45. The Kier molecular flexibility index (Phi) is 4.23.